The first-order valence-electron chi connectivity index (χ1n) is 3.97. The van der Waals surface area contributed by atoms with Crippen molar-refractivity contribution in [3.8, 4) is 0 Å². The van der Waals surface area contributed by atoms with Crippen molar-refractivity contribution in [3.63, 3.8) is 0 Å². The summed E-state index contributed by atoms with van der Waals surface area (Å²) >= 11 is 0. The van der Waals surface area contributed by atoms with E-state index >= 15 is 0 Å². The molecule has 0 aromatic rings. The number of rotatable bonds is 0. The molecular weight excluding hydrogens is 172 g/mol. The van der Waals surface area contributed by atoms with E-state index in [1.807, 2.05) is 12.2 Å². The van der Waals surface area contributed by atoms with Crippen molar-refractivity contribution in [2.24, 2.45) is 11.5 Å². The predicted molar refractivity (Wildman–Crippen MR) is 44.2 cm³/mol. The van der Waals surface area contributed by atoms with Crippen molar-refractivity contribution in [2.45, 2.75) is 18.5 Å². The third-order valence-electron chi connectivity index (χ3n) is 2.35. The van der Waals surface area contributed by atoms with Crippen molar-refractivity contribution in [2.75, 3.05) is 0 Å². The number of nitrogens with two attached hydrogens (primary N) is 2. The molecule has 1 aliphatic heterocycles. The van der Waals surface area contributed by atoms with Gasteiger partial charge in [0.1, 0.15) is 0 Å². The normalized spacial score (nSPS) is 29.8. The molecule has 1 saturated heterocycles. The summed E-state index contributed by atoms with van der Waals surface area (Å²) in [7, 11) is 0. The molecule has 2 bridgehead atoms. The molecular formula is C7H10N4O2. The van der Waals surface area contributed by atoms with Crippen LogP contribution in [-0.2, 0) is 0 Å². The van der Waals surface area contributed by atoms with E-state index < -0.39 is 12.1 Å². The highest BCUT2D eigenvalue weighted by Gasteiger charge is 2.44. The number of hydrogen-bond acceptors (Lipinski definition) is 2. The molecule has 4 N–H and O–H groups in total. The number of fused-ring (bicyclic) bond motifs is 2. The zero-order valence-electron chi connectivity index (χ0n) is 6.88. The topological polar surface area (TPSA) is 92.7 Å². The van der Waals surface area contributed by atoms with Gasteiger partial charge in [-0.3, -0.25) is 0 Å². The molecule has 6 nitrogen and oxygen atoms in total. The van der Waals surface area contributed by atoms with Gasteiger partial charge in [-0.1, -0.05) is 12.2 Å². The molecule has 0 saturated carbocycles. The molecule has 0 spiro atoms. The van der Waals surface area contributed by atoms with Gasteiger partial charge in [-0.15, -0.1) is 0 Å². The zero-order valence-corrected chi connectivity index (χ0v) is 6.88. The van der Waals surface area contributed by atoms with E-state index in [1.165, 1.54) is 10.0 Å². The maximum atomic E-state index is 11.0. The van der Waals surface area contributed by atoms with Crippen LogP contribution in [0.2, 0.25) is 0 Å². The van der Waals surface area contributed by atoms with Crippen LogP contribution in [0.25, 0.3) is 0 Å². The van der Waals surface area contributed by atoms with Crippen LogP contribution < -0.4 is 11.5 Å². The maximum Gasteiger partial charge on any atom is 0.334 e. The van der Waals surface area contributed by atoms with Crippen LogP contribution >= 0.6 is 0 Å². The maximum absolute atomic E-state index is 11.0. The van der Waals surface area contributed by atoms with E-state index in [9.17, 15) is 9.59 Å². The Bertz CT molecular complexity index is 273. The fourth-order valence-corrected chi connectivity index (χ4v) is 1.88. The predicted octanol–water partition coefficient (Wildman–Crippen LogP) is -0.627. The fraction of sp³-hybridized carbons (Fsp3) is 0.429. The smallest absolute Gasteiger partial charge is 0.334 e. The Kier molecular flexibility index (Phi) is 1.45. The third-order valence-corrected chi connectivity index (χ3v) is 2.35. The van der Waals surface area contributed by atoms with Gasteiger partial charge in [-0.05, 0) is 6.42 Å². The Balaban J connectivity index is 2.30. The van der Waals surface area contributed by atoms with Gasteiger partial charge >= 0.3 is 12.1 Å². The van der Waals surface area contributed by atoms with Crippen molar-refractivity contribution in [1.82, 2.24) is 10.0 Å². The Morgan fingerprint density at radius 3 is 1.77 bits per heavy atom. The van der Waals surface area contributed by atoms with Crippen LogP contribution in [-0.4, -0.2) is 34.2 Å². The quantitative estimate of drug-likeness (QED) is 0.488. The summed E-state index contributed by atoms with van der Waals surface area (Å²) in [6.07, 6.45) is 4.41. The number of hydrazine groups is 1. The van der Waals surface area contributed by atoms with Gasteiger partial charge < -0.3 is 11.5 Å². The molecule has 6 heteroatoms. The second kappa shape index (κ2) is 2.38. The Hall–Kier alpha value is -1.72. The Morgan fingerprint density at radius 1 is 1.08 bits per heavy atom. The highest BCUT2D eigenvalue weighted by molar-refractivity contribution is 5.80. The molecule has 1 fully saturated rings. The van der Waals surface area contributed by atoms with Crippen LogP contribution in [0.1, 0.15) is 6.42 Å². The van der Waals surface area contributed by atoms with Gasteiger partial charge in [0.2, 0.25) is 0 Å². The molecule has 2 rings (SSSR count). The lowest BCUT2D eigenvalue weighted by molar-refractivity contribution is 0.0656. The number of carbonyl (C=O) groups excluding carboxylic acids is 2. The largest absolute Gasteiger partial charge is 0.350 e. The van der Waals surface area contributed by atoms with Gasteiger partial charge in [0, 0.05) is 0 Å². The molecule has 0 radical (unpaired) electrons. The zero-order chi connectivity index (χ0) is 9.59. The van der Waals surface area contributed by atoms with E-state index in [1.54, 1.807) is 0 Å². The summed E-state index contributed by atoms with van der Waals surface area (Å²) in [6, 6.07) is -1.49. The van der Waals surface area contributed by atoms with E-state index in [0.717, 1.165) is 0 Å². The molecule has 0 aromatic carbocycles. The van der Waals surface area contributed by atoms with Crippen LogP contribution in [0, 0.1) is 0 Å². The lowest BCUT2D eigenvalue weighted by Gasteiger charge is -2.32. The van der Waals surface area contributed by atoms with Crippen molar-refractivity contribution in [1.29, 1.82) is 0 Å². The fourth-order valence-electron chi connectivity index (χ4n) is 1.88. The summed E-state index contributed by atoms with van der Waals surface area (Å²) in [4.78, 5) is 21.9. The summed E-state index contributed by atoms with van der Waals surface area (Å²) in [5.41, 5.74) is 10.2. The standard InChI is InChI=1S/C7H10N4O2/c8-6(12)10-4-1-2-5(3-4)11(10)7(9)13/h1-2,4-5H,3H2,(H2,8,12)(H2,9,13)/t4-,5+. The highest BCUT2D eigenvalue weighted by Crippen LogP contribution is 2.31. The molecule has 70 valence electrons. The van der Waals surface area contributed by atoms with E-state index in [2.05, 4.69) is 0 Å². The first kappa shape index (κ1) is 7.90. The molecule has 0 unspecified atom stereocenters. The van der Waals surface area contributed by atoms with Gasteiger partial charge in [-0.25, -0.2) is 19.6 Å². The highest BCUT2D eigenvalue weighted by atomic mass is 16.2. The number of urea groups is 2. The second-order valence-electron chi connectivity index (χ2n) is 3.12. The summed E-state index contributed by atoms with van der Waals surface area (Å²) in [5.74, 6) is 0. The molecule has 1 heterocycles. The van der Waals surface area contributed by atoms with E-state index in [4.69, 9.17) is 11.5 Å². The SMILES string of the molecule is NC(=O)N1[C@@H]2C=C[C@@H](C2)N1C(N)=O. The Labute approximate surface area is 74.7 Å². The molecule has 1 aliphatic carbocycles. The lowest BCUT2D eigenvalue weighted by Crippen LogP contribution is -2.55. The third kappa shape index (κ3) is 0.947. The first-order valence-corrected chi connectivity index (χ1v) is 3.97. The van der Waals surface area contributed by atoms with Gasteiger partial charge in [0.05, 0.1) is 12.1 Å². The average molecular weight is 182 g/mol. The van der Waals surface area contributed by atoms with Crippen LogP contribution in [0.3, 0.4) is 0 Å². The minimum atomic E-state index is -0.643. The van der Waals surface area contributed by atoms with Crippen molar-refractivity contribution in [3.05, 3.63) is 12.2 Å². The average Bonchev–Trinajstić information content (AvgIpc) is 2.60. The Morgan fingerprint density at radius 2 is 1.46 bits per heavy atom. The van der Waals surface area contributed by atoms with Crippen molar-refractivity contribution < 1.29 is 9.59 Å². The summed E-state index contributed by atoms with van der Waals surface area (Å²) in [6.45, 7) is 0. The van der Waals surface area contributed by atoms with Gasteiger partial charge in [0.15, 0.2) is 0 Å². The van der Waals surface area contributed by atoms with Crippen LogP contribution in [0.15, 0.2) is 12.2 Å². The molecule has 2 aliphatic rings. The van der Waals surface area contributed by atoms with Crippen LogP contribution in [0.4, 0.5) is 9.59 Å². The molecule has 4 amide bonds. The van der Waals surface area contributed by atoms with E-state index in [0.29, 0.717) is 6.42 Å². The minimum absolute atomic E-state index is 0.102. The van der Waals surface area contributed by atoms with Crippen LogP contribution in [0.5, 0.6) is 0 Å². The van der Waals surface area contributed by atoms with Gasteiger partial charge in [-0.2, -0.15) is 0 Å². The van der Waals surface area contributed by atoms with E-state index in [-0.39, 0.29) is 12.1 Å². The number of hydrogen-bond donors (Lipinski definition) is 2. The number of primary amides is 2. The second-order valence-corrected chi connectivity index (χ2v) is 3.12. The molecule has 2 atom stereocenters. The summed E-state index contributed by atoms with van der Waals surface area (Å²) < 4.78 is 0. The van der Waals surface area contributed by atoms with Crippen molar-refractivity contribution >= 4 is 12.1 Å². The minimum Gasteiger partial charge on any atom is -0.350 e. The monoisotopic (exact) mass is 182 g/mol. The number of carbonyl (C=O) groups is 2. The number of nitrogens with zero attached hydrogens (tertiary/aromatic N) is 2. The lowest BCUT2D eigenvalue weighted by atomic mass is 10.2. The first-order chi connectivity index (χ1) is 6.11. The molecule has 0 aromatic heterocycles. The summed E-state index contributed by atoms with van der Waals surface area (Å²) in [5, 5.41) is 2.40. The number of amides is 4. The van der Waals surface area contributed by atoms with Gasteiger partial charge in [0.25, 0.3) is 0 Å². The molecule has 13 heavy (non-hydrogen) atoms.